The Hall–Kier alpha value is -2.20. The van der Waals surface area contributed by atoms with E-state index in [0.717, 1.165) is 0 Å². The SMILES string of the molecule is COc1ccccc1C(=O)Nc1ccc(Cl)cc1N. The van der Waals surface area contributed by atoms with Crippen molar-refractivity contribution in [1.82, 2.24) is 0 Å². The van der Waals surface area contributed by atoms with E-state index in [1.807, 2.05) is 0 Å². The predicted molar refractivity (Wildman–Crippen MR) is 76.8 cm³/mol. The third-order valence-electron chi connectivity index (χ3n) is 2.61. The Morgan fingerprint density at radius 2 is 2.00 bits per heavy atom. The van der Waals surface area contributed by atoms with E-state index in [4.69, 9.17) is 22.1 Å². The van der Waals surface area contributed by atoms with Gasteiger partial charge in [-0.3, -0.25) is 4.79 Å². The van der Waals surface area contributed by atoms with Crippen LogP contribution in [0.2, 0.25) is 5.02 Å². The van der Waals surface area contributed by atoms with Gasteiger partial charge in [-0.1, -0.05) is 23.7 Å². The van der Waals surface area contributed by atoms with Gasteiger partial charge in [0, 0.05) is 5.02 Å². The number of hydrogen-bond donors (Lipinski definition) is 2. The van der Waals surface area contributed by atoms with Gasteiger partial charge in [-0.25, -0.2) is 0 Å². The molecule has 19 heavy (non-hydrogen) atoms. The van der Waals surface area contributed by atoms with Crippen LogP contribution in [0, 0.1) is 0 Å². The molecule has 98 valence electrons. The molecule has 2 rings (SSSR count). The van der Waals surface area contributed by atoms with E-state index in [0.29, 0.717) is 27.7 Å². The second-order valence-corrected chi connectivity index (χ2v) is 4.32. The number of hydrogen-bond acceptors (Lipinski definition) is 3. The van der Waals surface area contributed by atoms with E-state index >= 15 is 0 Å². The van der Waals surface area contributed by atoms with Crippen molar-refractivity contribution in [3.05, 3.63) is 53.1 Å². The Balaban J connectivity index is 2.26. The molecule has 0 aliphatic heterocycles. The number of para-hydroxylation sites is 1. The number of carbonyl (C=O) groups excluding carboxylic acids is 1. The van der Waals surface area contributed by atoms with Crippen molar-refractivity contribution in [2.24, 2.45) is 0 Å². The molecule has 3 N–H and O–H groups in total. The highest BCUT2D eigenvalue weighted by atomic mass is 35.5. The number of ether oxygens (including phenoxy) is 1. The zero-order chi connectivity index (χ0) is 13.8. The Morgan fingerprint density at radius 1 is 1.26 bits per heavy atom. The van der Waals surface area contributed by atoms with Crippen molar-refractivity contribution in [2.45, 2.75) is 0 Å². The molecule has 0 aliphatic rings. The quantitative estimate of drug-likeness (QED) is 0.846. The number of methoxy groups -OCH3 is 1. The zero-order valence-corrected chi connectivity index (χ0v) is 11.1. The summed E-state index contributed by atoms with van der Waals surface area (Å²) < 4.78 is 5.14. The molecular formula is C14H13ClN2O2. The second kappa shape index (κ2) is 5.63. The van der Waals surface area contributed by atoms with Crippen LogP contribution in [0.5, 0.6) is 5.75 Å². The van der Waals surface area contributed by atoms with Gasteiger partial charge >= 0.3 is 0 Å². The van der Waals surface area contributed by atoms with Crippen LogP contribution in [-0.4, -0.2) is 13.0 Å². The number of rotatable bonds is 3. The molecule has 0 radical (unpaired) electrons. The minimum absolute atomic E-state index is 0.286. The number of benzene rings is 2. The summed E-state index contributed by atoms with van der Waals surface area (Å²) >= 11 is 5.81. The number of anilines is 2. The van der Waals surface area contributed by atoms with Crippen molar-refractivity contribution in [3.63, 3.8) is 0 Å². The molecule has 0 bridgehead atoms. The molecule has 1 amide bonds. The number of carbonyl (C=O) groups is 1. The average molecular weight is 277 g/mol. The van der Waals surface area contributed by atoms with E-state index in [9.17, 15) is 4.79 Å². The first-order chi connectivity index (χ1) is 9.11. The van der Waals surface area contributed by atoms with Gasteiger partial charge in [0.15, 0.2) is 0 Å². The molecule has 0 fully saturated rings. The van der Waals surface area contributed by atoms with Crippen LogP contribution in [0.3, 0.4) is 0 Å². The maximum atomic E-state index is 12.2. The molecule has 0 heterocycles. The molecule has 5 heteroatoms. The first-order valence-electron chi connectivity index (χ1n) is 5.61. The summed E-state index contributed by atoms with van der Waals surface area (Å²) in [6.07, 6.45) is 0. The third-order valence-corrected chi connectivity index (χ3v) is 2.85. The van der Waals surface area contributed by atoms with Crippen LogP contribution in [-0.2, 0) is 0 Å². The van der Waals surface area contributed by atoms with Crippen LogP contribution in [0.15, 0.2) is 42.5 Å². The predicted octanol–water partition coefficient (Wildman–Crippen LogP) is 3.18. The largest absolute Gasteiger partial charge is 0.496 e. The van der Waals surface area contributed by atoms with Gasteiger partial charge in [0.05, 0.1) is 24.0 Å². The summed E-state index contributed by atoms with van der Waals surface area (Å²) in [6, 6.07) is 11.9. The number of nitrogens with one attached hydrogen (secondary N) is 1. The summed E-state index contributed by atoms with van der Waals surface area (Å²) in [5.74, 6) is 0.221. The first-order valence-corrected chi connectivity index (χ1v) is 5.99. The van der Waals surface area contributed by atoms with Gasteiger partial charge in [0.25, 0.3) is 5.91 Å². The standard InChI is InChI=1S/C14H13ClN2O2/c1-19-13-5-3-2-4-10(13)14(18)17-12-7-6-9(15)8-11(12)16/h2-8H,16H2,1H3,(H,17,18). The second-order valence-electron chi connectivity index (χ2n) is 3.89. The Bertz CT molecular complexity index is 614. The van der Waals surface area contributed by atoms with Crippen molar-refractivity contribution in [2.75, 3.05) is 18.2 Å². The van der Waals surface area contributed by atoms with E-state index in [2.05, 4.69) is 5.32 Å². The molecule has 0 unspecified atom stereocenters. The molecule has 0 saturated carbocycles. The van der Waals surface area contributed by atoms with E-state index in [-0.39, 0.29) is 5.91 Å². The van der Waals surface area contributed by atoms with Crippen LogP contribution in [0.25, 0.3) is 0 Å². The van der Waals surface area contributed by atoms with Crippen molar-refractivity contribution >= 4 is 28.9 Å². The third kappa shape index (κ3) is 2.98. The van der Waals surface area contributed by atoms with Crippen LogP contribution in [0.4, 0.5) is 11.4 Å². The fourth-order valence-electron chi connectivity index (χ4n) is 1.67. The van der Waals surface area contributed by atoms with E-state index in [1.54, 1.807) is 42.5 Å². The highest BCUT2D eigenvalue weighted by Crippen LogP contribution is 2.24. The normalized spacial score (nSPS) is 10.0. The van der Waals surface area contributed by atoms with Gasteiger partial charge in [-0.05, 0) is 30.3 Å². The van der Waals surface area contributed by atoms with Gasteiger partial charge < -0.3 is 15.8 Å². The molecule has 4 nitrogen and oxygen atoms in total. The lowest BCUT2D eigenvalue weighted by molar-refractivity contribution is 0.102. The number of halogens is 1. The Labute approximate surface area is 116 Å². The van der Waals surface area contributed by atoms with Crippen molar-refractivity contribution in [3.8, 4) is 5.75 Å². The molecule has 0 aliphatic carbocycles. The maximum absolute atomic E-state index is 12.2. The lowest BCUT2D eigenvalue weighted by Gasteiger charge is -2.10. The molecule has 0 aromatic heterocycles. The number of nitrogens with two attached hydrogens (primary N) is 1. The Morgan fingerprint density at radius 3 is 2.68 bits per heavy atom. The average Bonchev–Trinajstić information content (AvgIpc) is 2.41. The summed E-state index contributed by atoms with van der Waals surface area (Å²) in [5.41, 5.74) is 7.16. The van der Waals surface area contributed by atoms with Crippen LogP contribution < -0.4 is 15.8 Å². The number of nitrogen functional groups attached to an aromatic ring is 1. The first kappa shape index (κ1) is 13.2. The molecular weight excluding hydrogens is 264 g/mol. The van der Waals surface area contributed by atoms with Crippen LogP contribution in [0.1, 0.15) is 10.4 Å². The highest BCUT2D eigenvalue weighted by molar-refractivity contribution is 6.31. The van der Waals surface area contributed by atoms with Gasteiger partial charge in [-0.15, -0.1) is 0 Å². The molecule has 2 aromatic carbocycles. The fourth-order valence-corrected chi connectivity index (χ4v) is 1.85. The fraction of sp³-hybridized carbons (Fsp3) is 0.0714. The van der Waals surface area contributed by atoms with Crippen molar-refractivity contribution < 1.29 is 9.53 Å². The Kier molecular flexibility index (Phi) is 3.92. The van der Waals surface area contributed by atoms with Crippen LogP contribution >= 0.6 is 11.6 Å². The minimum atomic E-state index is -0.286. The summed E-state index contributed by atoms with van der Waals surface area (Å²) in [4.78, 5) is 12.2. The smallest absolute Gasteiger partial charge is 0.259 e. The van der Waals surface area contributed by atoms with E-state index in [1.165, 1.54) is 7.11 Å². The summed E-state index contributed by atoms with van der Waals surface area (Å²) in [7, 11) is 1.52. The van der Waals surface area contributed by atoms with Gasteiger partial charge in [-0.2, -0.15) is 0 Å². The van der Waals surface area contributed by atoms with Gasteiger partial charge in [0.1, 0.15) is 5.75 Å². The zero-order valence-electron chi connectivity index (χ0n) is 10.3. The monoisotopic (exact) mass is 276 g/mol. The summed E-state index contributed by atoms with van der Waals surface area (Å²) in [5, 5.41) is 3.25. The van der Waals surface area contributed by atoms with Crippen molar-refractivity contribution in [1.29, 1.82) is 0 Å². The topological polar surface area (TPSA) is 64.3 Å². The lowest BCUT2D eigenvalue weighted by Crippen LogP contribution is -2.14. The highest BCUT2D eigenvalue weighted by Gasteiger charge is 2.12. The lowest BCUT2D eigenvalue weighted by atomic mass is 10.1. The van der Waals surface area contributed by atoms with Gasteiger partial charge in [0.2, 0.25) is 0 Å². The summed E-state index contributed by atoms with van der Waals surface area (Å²) in [6.45, 7) is 0. The molecule has 0 spiro atoms. The number of amides is 1. The molecule has 2 aromatic rings. The maximum Gasteiger partial charge on any atom is 0.259 e. The minimum Gasteiger partial charge on any atom is -0.496 e. The molecule has 0 atom stereocenters. The molecule has 0 saturated heterocycles. The van der Waals surface area contributed by atoms with E-state index < -0.39 is 0 Å².